The number of amides is 1. The maximum Gasteiger partial charge on any atom is 0.272 e. The molecule has 6 heteroatoms. The largest absolute Gasteiger partial charge is 0.336 e. The lowest BCUT2D eigenvalue weighted by Gasteiger charge is -2.15. The number of thiophene rings is 1. The van der Waals surface area contributed by atoms with Crippen LogP contribution < -0.4 is 0 Å². The SMILES string of the molecule is CN(Cc1csc(Br)c1)C(=O)c1ccc(F)cn1. The summed E-state index contributed by atoms with van der Waals surface area (Å²) in [5.74, 6) is -0.673. The number of pyridine rings is 1. The fraction of sp³-hybridized carbons (Fsp3) is 0.167. The van der Waals surface area contributed by atoms with Gasteiger partial charge in [0.2, 0.25) is 0 Å². The average molecular weight is 329 g/mol. The lowest BCUT2D eigenvalue weighted by molar-refractivity contribution is 0.0779. The van der Waals surface area contributed by atoms with Gasteiger partial charge in [0.15, 0.2) is 0 Å². The predicted molar refractivity (Wildman–Crippen MR) is 72.0 cm³/mol. The van der Waals surface area contributed by atoms with E-state index in [4.69, 9.17) is 0 Å². The number of carbonyl (C=O) groups is 1. The van der Waals surface area contributed by atoms with Crippen LogP contribution in [0.5, 0.6) is 0 Å². The van der Waals surface area contributed by atoms with Crippen molar-refractivity contribution in [1.29, 1.82) is 0 Å². The molecule has 2 aromatic rings. The number of hydrogen-bond acceptors (Lipinski definition) is 3. The molecule has 0 aliphatic heterocycles. The lowest BCUT2D eigenvalue weighted by atomic mass is 10.3. The van der Waals surface area contributed by atoms with E-state index in [9.17, 15) is 9.18 Å². The van der Waals surface area contributed by atoms with Crippen LogP contribution in [-0.4, -0.2) is 22.8 Å². The quantitative estimate of drug-likeness (QED) is 0.865. The molecule has 0 aliphatic rings. The number of hydrogen-bond donors (Lipinski definition) is 0. The first kappa shape index (κ1) is 13.2. The molecule has 3 nitrogen and oxygen atoms in total. The molecule has 0 N–H and O–H groups in total. The molecule has 0 saturated heterocycles. The van der Waals surface area contributed by atoms with Crippen molar-refractivity contribution in [3.8, 4) is 0 Å². The number of carbonyl (C=O) groups excluding carboxylic acids is 1. The van der Waals surface area contributed by atoms with Crippen molar-refractivity contribution in [2.75, 3.05) is 7.05 Å². The second kappa shape index (κ2) is 5.58. The second-order valence-electron chi connectivity index (χ2n) is 3.78. The smallest absolute Gasteiger partial charge is 0.272 e. The van der Waals surface area contributed by atoms with Gasteiger partial charge in [0.1, 0.15) is 11.5 Å². The Bertz CT molecular complexity index is 555. The number of aromatic nitrogens is 1. The molecule has 0 bridgehead atoms. The van der Waals surface area contributed by atoms with Gasteiger partial charge in [-0.1, -0.05) is 0 Å². The molecule has 94 valence electrons. The second-order valence-corrected chi connectivity index (χ2v) is 6.07. The van der Waals surface area contributed by atoms with Gasteiger partial charge in [0.05, 0.1) is 9.98 Å². The molecule has 2 rings (SSSR count). The third-order valence-corrected chi connectivity index (χ3v) is 3.89. The van der Waals surface area contributed by atoms with Gasteiger partial charge < -0.3 is 4.90 Å². The lowest BCUT2D eigenvalue weighted by Crippen LogP contribution is -2.26. The average Bonchev–Trinajstić information content (AvgIpc) is 2.75. The van der Waals surface area contributed by atoms with Gasteiger partial charge >= 0.3 is 0 Å². The number of nitrogens with zero attached hydrogens (tertiary/aromatic N) is 2. The Balaban J connectivity index is 2.07. The van der Waals surface area contributed by atoms with Crippen molar-refractivity contribution in [2.45, 2.75) is 6.54 Å². The third-order valence-electron chi connectivity index (χ3n) is 2.33. The summed E-state index contributed by atoms with van der Waals surface area (Å²) in [7, 11) is 1.69. The van der Waals surface area contributed by atoms with Crippen LogP contribution in [0.25, 0.3) is 0 Å². The van der Waals surface area contributed by atoms with Crippen molar-refractivity contribution in [3.63, 3.8) is 0 Å². The fourth-order valence-corrected chi connectivity index (χ4v) is 2.67. The van der Waals surface area contributed by atoms with Gasteiger partial charge in [0, 0.05) is 13.6 Å². The molecule has 2 aromatic heterocycles. The fourth-order valence-electron chi connectivity index (χ4n) is 1.47. The molecule has 2 heterocycles. The standard InChI is InChI=1S/C12H10BrFN2OS/c1-16(6-8-4-11(13)18-7-8)12(17)10-3-2-9(14)5-15-10/h2-5,7H,6H2,1H3. The van der Waals surface area contributed by atoms with Crippen LogP contribution in [0.4, 0.5) is 4.39 Å². The first-order chi connectivity index (χ1) is 8.56. The summed E-state index contributed by atoms with van der Waals surface area (Å²) in [6.07, 6.45) is 1.04. The summed E-state index contributed by atoms with van der Waals surface area (Å²) in [6, 6.07) is 4.58. The van der Waals surface area contributed by atoms with Crippen LogP contribution in [-0.2, 0) is 6.54 Å². The van der Waals surface area contributed by atoms with Crippen molar-refractivity contribution in [3.05, 3.63) is 50.6 Å². The maximum absolute atomic E-state index is 12.7. The van der Waals surface area contributed by atoms with E-state index < -0.39 is 5.82 Å². The highest BCUT2D eigenvalue weighted by atomic mass is 79.9. The zero-order chi connectivity index (χ0) is 13.1. The maximum atomic E-state index is 12.7. The van der Waals surface area contributed by atoms with Gasteiger partial charge in [-0.25, -0.2) is 9.37 Å². The van der Waals surface area contributed by atoms with Gasteiger partial charge in [-0.15, -0.1) is 11.3 Å². The Labute approximate surface area is 116 Å². The zero-order valence-corrected chi connectivity index (χ0v) is 12.0. The van der Waals surface area contributed by atoms with Crippen LogP contribution in [0.15, 0.2) is 33.6 Å². The van der Waals surface area contributed by atoms with Crippen LogP contribution in [0.2, 0.25) is 0 Å². The molecule has 0 unspecified atom stereocenters. The van der Waals surface area contributed by atoms with Crippen molar-refractivity contribution in [1.82, 2.24) is 9.88 Å². The molecule has 0 saturated carbocycles. The molecule has 18 heavy (non-hydrogen) atoms. The summed E-state index contributed by atoms with van der Waals surface area (Å²) in [5.41, 5.74) is 1.29. The normalized spacial score (nSPS) is 10.4. The van der Waals surface area contributed by atoms with Gasteiger partial charge in [-0.3, -0.25) is 4.79 Å². The van der Waals surface area contributed by atoms with Gasteiger partial charge in [-0.05, 0) is 45.1 Å². The Kier molecular flexibility index (Phi) is 4.08. The van der Waals surface area contributed by atoms with Crippen LogP contribution in [0.3, 0.4) is 0 Å². The highest BCUT2D eigenvalue weighted by Crippen LogP contribution is 2.21. The molecule has 0 spiro atoms. The van der Waals surface area contributed by atoms with Crippen molar-refractivity contribution >= 4 is 33.2 Å². The summed E-state index contributed by atoms with van der Waals surface area (Å²) in [4.78, 5) is 17.3. The summed E-state index contributed by atoms with van der Waals surface area (Å²) in [5, 5.41) is 1.98. The summed E-state index contributed by atoms with van der Waals surface area (Å²) in [6.45, 7) is 0.500. The van der Waals surface area contributed by atoms with E-state index in [1.165, 1.54) is 12.1 Å². The molecule has 0 fully saturated rings. The highest BCUT2D eigenvalue weighted by Gasteiger charge is 2.13. The minimum Gasteiger partial charge on any atom is -0.336 e. The minimum atomic E-state index is -0.448. The highest BCUT2D eigenvalue weighted by molar-refractivity contribution is 9.11. The summed E-state index contributed by atoms with van der Waals surface area (Å²) >= 11 is 4.94. The monoisotopic (exact) mass is 328 g/mol. The van der Waals surface area contributed by atoms with Gasteiger partial charge in [-0.2, -0.15) is 0 Å². The Hall–Kier alpha value is -1.27. The zero-order valence-electron chi connectivity index (χ0n) is 9.56. The Morgan fingerprint density at radius 3 is 2.89 bits per heavy atom. The van der Waals surface area contributed by atoms with Crippen molar-refractivity contribution < 1.29 is 9.18 Å². The van der Waals surface area contributed by atoms with Crippen LogP contribution >= 0.6 is 27.3 Å². The van der Waals surface area contributed by atoms with E-state index in [2.05, 4.69) is 20.9 Å². The van der Waals surface area contributed by atoms with E-state index in [0.29, 0.717) is 6.54 Å². The van der Waals surface area contributed by atoms with Crippen LogP contribution in [0, 0.1) is 5.82 Å². The van der Waals surface area contributed by atoms with E-state index in [1.807, 2.05) is 11.4 Å². The van der Waals surface area contributed by atoms with E-state index >= 15 is 0 Å². The Morgan fingerprint density at radius 1 is 1.56 bits per heavy atom. The first-order valence-electron chi connectivity index (χ1n) is 5.16. The van der Waals surface area contributed by atoms with E-state index in [-0.39, 0.29) is 11.6 Å². The van der Waals surface area contributed by atoms with Crippen molar-refractivity contribution in [2.24, 2.45) is 0 Å². The minimum absolute atomic E-state index is 0.225. The molecule has 0 atom stereocenters. The Morgan fingerprint density at radius 2 is 2.33 bits per heavy atom. The first-order valence-corrected chi connectivity index (χ1v) is 6.83. The molecular formula is C12H10BrFN2OS. The third kappa shape index (κ3) is 3.14. The molecule has 0 aromatic carbocycles. The molecular weight excluding hydrogens is 319 g/mol. The number of rotatable bonds is 3. The molecule has 0 aliphatic carbocycles. The van der Waals surface area contributed by atoms with Gasteiger partial charge in [0.25, 0.3) is 5.91 Å². The molecule has 0 radical (unpaired) electrons. The topological polar surface area (TPSA) is 33.2 Å². The van der Waals surface area contributed by atoms with E-state index in [1.54, 1.807) is 23.3 Å². The number of halogens is 2. The molecule has 1 amide bonds. The predicted octanol–water partition coefficient (Wildman–Crippen LogP) is 3.32. The van der Waals surface area contributed by atoms with Crippen LogP contribution in [0.1, 0.15) is 16.1 Å². The summed E-state index contributed by atoms with van der Waals surface area (Å²) < 4.78 is 13.7. The van der Waals surface area contributed by atoms with E-state index in [0.717, 1.165) is 15.5 Å².